The van der Waals surface area contributed by atoms with Crippen LogP contribution >= 0.6 is 0 Å². The molecule has 0 spiro atoms. The fourth-order valence-electron chi connectivity index (χ4n) is 2.53. The van der Waals surface area contributed by atoms with Gasteiger partial charge in [0, 0.05) is 5.69 Å². The van der Waals surface area contributed by atoms with E-state index in [9.17, 15) is 9.18 Å². The summed E-state index contributed by atoms with van der Waals surface area (Å²) in [6, 6.07) is 7.95. The lowest BCUT2D eigenvalue weighted by atomic mass is 10.1. The van der Waals surface area contributed by atoms with Crippen LogP contribution in [0.1, 0.15) is 27.2 Å². The predicted octanol–water partition coefficient (Wildman–Crippen LogP) is 3.96. The van der Waals surface area contributed by atoms with Crippen molar-refractivity contribution in [3.63, 3.8) is 0 Å². The quantitative estimate of drug-likeness (QED) is 0.784. The van der Waals surface area contributed by atoms with E-state index in [0.717, 1.165) is 11.1 Å². The molecule has 0 saturated carbocycles. The number of carbonyl (C=O) groups is 1. The predicted molar refractivity (Wildman–Crippen MR) is 94.7 cm³/mol. The van der Waals surface area contributed by atoms with Crippen LogP contribution in [0.3, 0.4) is 0 Å². The summed E-state index contributed by atoms with van der Waals surface area (Å²) in [5, 5.41) is 2.73. The van der Waals surface area contributed by atoms with Gasteiger partial charge >= 0.3 is 0 Å². The molecule has 5 nitrogen and oxygen atoms in total. The molecular weight excluding hydrogens is 321 g/mol. The average Bonchev–Trinajstić information content (AvgIpc) is 2.57. The van der Waals surface area contributed by atoms with Crippen LogP contribution in [-0.2, 0) is 0 Å². The van der Waals surface area contributed by atoms with Gasteiger partial charge in [-0.3, -0.25) is 4.79 Å². The van der Waals surface area contributed by atoms with Gasteiger partial charge in [-0.2, -0.15) is 0 Å². The number of halogens is 1. The maximum atomic E-state index is 13.2. The second-order valence-electron chi connectivity index (χ2n) is 5.92. The summed E-state index contributed by atoms with van der Waals surface area (Å²) in [5.74, 6) is -0.670. The minimum absolute atomic E-state index is 0.0852. The Bertz CT molecular complexity index is 986. The van der Waals surface area contributed by atoms with Crippen molar-refractivity contribution < 1.29 is 13.9 Å². The second kappa shape index (κ2) is 6.47. The van der Waals surface area contributed by atoms with Crippen LogP contribution in [0.15, 0.2) is 30.3 Å². The third-order valence-corrected chi connectivity index (χ3v) is 4.09. The van der Waals surface area contributed by atoms with E-state index >= 15 is 0 Å². The summed E-state index contributed by atoms with van der Waals surface area (Å²) in [6.45, 7) is 5.68. The lowest BCUT2D eigenvalue weighted by Gasteiger charge is -2.11. The molecule has 0 unspecified atom stereocenters. The van der Waals surface area contributed by atoms with E-state index in [1.54, 1.807) is 6.92 Å². The van der Waals surface area contributed by atoms with E-state index in [-0.39, 0.29) is 17.4 Å². The van der Waals surface area contributed by atoms with Gasteiger partial charge in [-0.25, -0.2) is 14.4 Å². The average molecular weight is 339 g/mol. The Morgan fingerprint density at radius 3 is 2.24 bits per heavy atom. The number of hydrogen-bond acceptors (Lipinski definition) is 4. The number of amides is 1. The highest BCUT2D eigenvalue weighted by atomic mass is 19.1. The zero-order valence-electron chi connectivity index (χ0n) is 14.5. The number of hydrogen-bond donors (Lipinski definition) is 1. The van der Waals surface area contributed by atoms with Gasteiger partial charge in [0.25, 0.3) is 5.91 Å². The first-order valence-corrected chi connectivity index (χ1v) is 7.79. The van der Waals surface area contributed by atoms with Crippen LogP contribution in [0.5, 0.6) is 5.88 Å². The molecule has 1 amide bonds. The number of nitrogens with zero attached hydrogens (tertiary/aromatic N) is 2. The lowest BCUT2D eigenvalue weighted by molar-refractivity contribution is 0.101. The number of ether oxygens (including phenoxy) is 1. The van der Waals surface area contributed by atoms with Crippen LogP contribution in [-0.4, -0.2) is 23.0 Å². The van der Waals surface area contributed by atoms with Crippen molar-refractivity contribution >= 4 is 22.6 Å². The van der Waals surface area contributed by atoms with E-state index in [4.69, 9.17) is 4.74 Å². The van der Waals surface area contributed by atoms with Gasteiger partial charge in [-0.05, 0) is 67.8 Å². The van der Waals surface area contributed by atoms with Crippen molar-refractivity contribution in [3.05, 3.63) is 58.5 Å². The molecule has 6 heteroatoms. The highest BCUT2D eigenvalue weighted by Gasteiger charge is 2.18. The van der Waals surface area contributed by atoms with Crippen molar-refractivity contribution in [1.29, 1.82) is 0 Å². The van der Waals surface area contributed by atoms with Gasteiger partial charge in [0.05, 0.1) is 18.1 Å². The molecule has 25 heavy (non-hydrogen) atoms. The van der Waals surface area contributed by atoms with Gasteiger partial charge < -0.3 is 10.1 Å². The SMILES string of the molecule is COc1nc2cc(C)c(C)cc2nc1C(=O)Nc1ccc(F)cc1C. The number of aromatic nitrogens is 2. The molecule has 0 atom stereocenters. The molecule has 1 N–H and O–H groups in total. The number of nitrogens with one attached hydrogen (secondary N) is 1. The highest BCUT2D eigenvalue weighted by Crippen LogP contribution is 2.23. The Morgan fingerprint density at radius 2 is 1.64 bits per heavy atom. The summed E-state index contributed by atoms with van der Waals surface area (Å²) in [4.78, 5) is 21.4. The smallest absolute Gasteiger partial charge is 0.279 e. The van der Waals surface area contributed by atoms with Gasteiger partial charge in [0.15, 0.2) is 5.69 Å². The maximum absolute atomic E-state index is 13.2. The molecule has 3 aromatic rings. The Labute approximate surface area is 144 Å². The number of benzene rings is 2. The van der Waals surface area contributed by atoms with Crippen LogP contribution in [0.25, 0.3) is 11.0 Å². The zero-order valence-corrected chi connectivity index (χ0v) is 14.5. The van der Waals surface area contributed by atoms with Gasteiger partial charge in [0.1, 0.15) is 5.82 Å². The molecule has 3 rings (SSSR count). The fraction of sp³-hybridized carbons (Fsp3) is 0.211. The monoisotopic (exact) mass is 339 g/mol. The Hall–Kier alpha value is -3.02. The summed E-state index contributed by atoms with van der Waals surface area (Å²) < 4.78 is 18.5. The Balaban J connectivity index is 2.03. The van der Waals surface area contributed by atoms with Crippen molar-refractivity contribution in [1.82, 2.24) is 9.97 Å². The number of methoxy groups -OCH3 is 1. The normalized spacial score (nSPS) is 10.8. The molecule has 0 fully saturated rings. The minimum Gasteiger partial charge on any atom is -0.479 e. The molecule has 2 aromatic carbocycles. The molecule has 1 aromatic heterocycles. The van der Waals surface area contributed by atoms with Crippen LogP contribution in [0.2, 0.25) is 0 Å². The molecule has 1 heterocycles. The van der Waals surface area contributed by atoms with E-state index in [2.05, 4.69) is 15.3 Å². The fourth-order valence-corrected chi connectivity index (χ4v) is 2.53. The summed E-state index contributed by atoms with van der Waals surface area (Å²) in [6.07, 6.45) is 0. The van der Waals surface area contributed by atoms with Crippen molar-refractivity contribution in [2.24, 2.45) is 0 Å². The van der Waals surface area contributed by atoms with Gasteiger partial charge in [-0.15, -0.1) is 0 Å². The number of rotatable bonds is 3. The zero-order chi connectivity index (χ0) is 18.1. The molecule has 0 bridgehead atoms. The lowest BCUT2D eigenvalue weighted by Crippen LogP contribution is -2.17. The van der Waals surface area contributed by atoms with E-state index in [1.165, 1.54) is 25.3 Å². The highest BCUT2D eigenvalue weighted by molar-refractivity contribution is 6.05. The van der Waals surface area contributed by atoms with Crippen molar-refractivity contribution in [2.75, 3.05) is 12.4 Å². The molecule has 0 aliphatic heterocycles. The van der Waals surface area contributed by atoms with Crippen molar-refractivity contribution in [2.45, 2.75) is 20.8 Å². The summed E-state index contributed by atoms with van der Waals surface area (Å²) in [5.41, 5.74) is 4.64. The maximum Gasteiger partial charge on any atom is 0.279 e. The molecule has 0 aliphatic rings. The third-order valence-electron chi connectivity index (χ3n) is 4.09. The molecule has 128 valence electrons. The first-order valence-electron chi connectivity index (χ1n) is 7.79. The van der Waals surface area contributed by atoms with Crippen molar-refractivity contribution in [3.8, 4) is 5.88 Å². The third kappa shape index (κ3) is 3.28. The molecule has 0 aliphatic carbocycles. The second-order valence-corrected chi connectivity index (χ2v) is 5.92. The number of carbonyl (C=O) groups excluding carboxylic acids is 1. The Kier molecular flexibility index (Phi) is 4.35. The molecule has 0 saturated heterocycles. The van der Waals surface area contributed by atoms with E-state index in [0.29, 0.717) is 22.3 Å². The number of anilines is 1. The Morgan fingerprint density at radius 1 is 1.00 bits per heavy atom. The summed E-state index contributed by atoms with van der Waals surface area (Å²) >= 11 is 0. The minimum atomic E-state index is -0.459. The van der Waals surface area contributed by atoms with Crippen LogP contribution in [0, 0.1) is 26.6 Å². The van der Waals surface area contributed by atoms with Gasteiger partial charge in [0.2, 0.25) is 5.88 Å². The largest absolute Gasteiger partial charge is 0.479 e. The topological polar surface area (TPSA) is 64.1 Å². The standard InChI is InChI=1S/C19H18FN3O2/c1-10-8-15-16(9-11(10)2)23-19(25-4)17(21-15)18(24)22-14-6-5-13(20)7-12(14)3/h5-9H,1-4H3,(H,22,24). The first-order chi connectivity index (χ1) is 11.9. The van der Waals surface area contributed by atoms with Gasteiger partial charge in [-0.1, -0.05) is 0 Å². The van der Waals surface area contributed by atoms with Crippen LogP contribution < -0.4 is 10.1 Å². The first kappa shape index (κ1) is 16.8. The summed E-state index contributed by atoms with van der Waals surface area (Å²) in [7, 11) is 1.44. The van der Waals surface area contributed by atoms with E-state index in [1.807, 2.05) is 26.0 Å². The van der Waals surface area contributed by atoms with Crippen LogP contribution in [0.4, 0.5) is 10.1 Å². The number of aryl methyl sites for hydroxylation is 3. The molecular formula is C19H18FN3O2. The van der Waals surface area contributed by atoms with E-state index < -0.39 is 5.91 Å². The molecule has 0 radical (unpaired) electrons. The number of fused-ring (bicyclic) bond motifs is 1.